The fourth-order valence-electron chi connectivity index (χ4n) is 2.64. The van der Waals surface area contributed by atoms with Gasteiger partial charge in [-0.05, 0) is 36.8 Å². The summed E-state index contributed by atoms with van der Waals surface area (Å²) in [6, 6.07) is 12.7. The average molecular weight is 307 g/mol. The fourth-order valence-corrected chi connectivity index (χ4v) is 2.64. The Labute approximate surface area is 133 Å². The molecule has 0 unspecified atom stereocenters. The van der Waals surface area contributed by atoms with Gasteiger partial charge in [0.2, 0.25) is 5.43 Å². The molecule has 0 fully saturated rings. The molecule has 2 aromatic carbocycles. The molecule has 23 heavy (non-hydrogen) atoms. The molecule has 3 rings (SSSR count). The predicted molar refractivity (Wildman–Crippen MR) is 92.7 cm³/mol. The highest BCUT2D eigenvalue weighted by molar-refractivity contribution is 6.06. The normalized spacial score (nSPS) is 10.7. The Morgan fingerprint density at radius 1 is 1.17 bits per heavy atom. The van der Waals surface area contributed by atoms with Crippen molar-refractivity contribution in [2.45, 2.75) is 6.92 Å². The van der Waals surface area contributed by atoms with E-state index in [-0.39, 0.29) is 11.0 Å². The van der Waals surface area contributed by atoms with E-state index in [0.29, 0.717) is 22.3 Å². The van der Waals surface area contributed by atoms with E-state index >= 15 is 0 Å². The summed E-state index contributed by atoms with van der Waals surface area (Å²) in [4.78, 5) is 25.1. The van der Waals surface area contributed by atoms with Crippen LogP contribution in [0.25, 0.3) is 10.9 Å². The molecule has 3 N–H and O–H groups in total. The number of pyridine rings is 1. The Balaban J connectivity index is 2.10. The molecule has 0 atom stereocenters. The van der Waals surface area contributed by atoms with Crippen molar-refractivity contribution in [1.29, 1.82) is 0 Å². The SMILES string of the molecule is Cc1cccc(NC(=O)c2cn(C)c3cccc(N)c3c2=O)c1. The zero-order chi connectivity index (χ0) is 16.6. The number of hydrogen-bond donors (Lipinski definition) is 2. The minimum atomic E-state index is -0.443. The van der Waals surface area contributed by atoms with Crippen molar-refractivity contribution in [1.82, 2.24) is 4.57 Å². The number of fused-ring (bicyclic) bond motifs is 1. The minimum Gasteiger partial charge on any atom is -0.398 e. The highest BCUT2D eigenvalue weighted by Gasteiger charge is 2.16. The number of amides is 1. The van der Waals surface area contributed by atoms with Gasteiger partial charge in [-0.1, -0.05) is 18.2 Å². The molecule has 116 valence electrons. The van der Waals surface area contributed by atoms with E-state index in [1.807, 2.05) is 25.1 Å². The summed E-state index contributed by atoms with van der Waals surface area (Å²) in [5.74, 6) is -0.443. The van der Waals surface area contributed by atoms with Gasteiger partial charge in [-0.15, -0.1) is 0 Å². The zero-order valence-corrected chi connectivity index (χ0v) is 13.0. The second kappa shape index (κ2) is 5.61. The quantitative estimate of drug-likeness (QED) is 0.715. The predicted octanol–water partition coefficient (Wildman–Crippen LogP) is 2.68. The highest BCUT2D eigenvalue weighted by Crippen LogP contribution is 2.18. The van der Waals surface area contributed by atoms with Gasteiger partial charge in [-0.3, -0.25) is 9.59 Å². The van der Waals surface area contributed by atoms with Crippen molar-refractivity contribution in [3.63, 3.8) is 0 Å². The first-order chi connectivity index (χ1) is 11.0. The van der Waals surface area contributed by atoms with Gasteiger partial charge in [0, 0.05) is 24.6 Å². The summed E-state index contributed by atoms with van der Waals surface area (Å²) in [5.41, 5.74) is 8.37. The van der Waals surface area contributed by atoms with Crippen LogP contribution in [0.3, 0.4) is 0 Å². The summed E-state index contributed by atoms with van der Waals surface area (Å²) in [7, 11) is 1.78. The third-order valence-corrected chi connectivity index (χ3v) is 3.77. The molecule has 1 aromatic heterocycles. The number of carbonyl (C=O) groups excluding carboxylic acids is 1. The maximum Gasteiger partial charge on any atom is 0.261 e. The zero-order valence-electron chi connectivity index (χ0n) is 13.0. The molecule has 0 aliphatic rings. The van der Waals surface area contributed by atoms with Crippen LogP contribution in [0.15, 0.2) is 53.5 Å². The third-order valence-electron chi connectivity index (χ3n) is 3.77. The number of benzene rings is 2. The summed E-state index contributed by atoms with van der Waals surface area (Å²) in [6.07, 6.45) is 1.54. The number of carbonyl (C=O) groups is 1. The summed E-state index contributed by atoms with van der Waals surface area (Å²) >= 11 is 0. The van der Waals surface area contributed by atoms with Crippen molar-refractivity contribution in [3.8, 4) is 0 Å². The Kier molecular flexibility index (Phi) is 3.62. The molecule has 0 aliphatic heterocycles. The average Bonchev–Trinajstić information content (AvgIpc) is 2.50. The molecule has 0 bridgehead atoms. The third kappa shape index (κ3) is 2.68. The van der Waals surface area contributed by atoms with Gasteiger partial charge in [0.15, 0.2) is 0 Å². The van der Waals surface area contributed by atoms with E-state index in [9.17, 15) is 9.59 Å². The second-order valence-electron chi connectivity index (χ2n) is 5.55. The van der Waals surface area contributed by atoms with Crippen LogP contribution in [0, 0.1) is 6.92 Å². The Morgan fingerprint density at radius 3 is 2.65 bits per heavy atom. The maximum absolute atomic E-state index is 12.6. The molecule has 5 heteroatoms. The largest absolute Gasteiger partial charge is 0.398 e. The number of hydrogen-bond acceptors (Lipinski definition) is 3. The van der Waals surface area contributed by atoms with Crippen LogP contribution in [0.5, 0.6) is 0 Å². The van der Waals surface area contributed by atoms with E-state index in [1.165, 1.54) is 6.20 Å². The lowest BCUT2D eigenvalue weighted by Crippen LogP contribution is -2.24. The molecule has 0 radical (unpaired) electrons. The first kappa shape index (κ1) is 14.8. The van der Waals surface area contributed by atoms with E-state index in [2.05, 4.69) is 5.32 Å². The molecule has 0 spiro atoms. The molecule has 0 saturated heterocycles. The van der Waals surface area contributed by atoms with E-state index in [1.54, 1.807) is 35.9 Å². The highest BCUT2D eigenvalue weighted by atomic mass is 16.2. The van der Waals surface area contributed by atoms with Crippen molar-refractivity contribution >= 4 is 28.2 Å². The number of rotatable bonds is 2. The van der Waals surface area contributed by atoms with Gasteiger partial charge < -0.3 is 15.6 Å². The standard InChI is InChI=1S/C18H17N3O2/c1-11-5-3-6-12(9-11)20-18(23)13-10-21(2)15-8-4-7-14(19)16(15)17(13)22/h3-10H,19H2,1-2H3,(H,20,23). The summed E-state index contributed by atoms with van der Waals surface area (Å²) in [5, 5.41) is 3.13. The number of nitrogens with two attached hydrogens (primary N) is 1. The Bertz CT molecular complexity index is 974. The monoisotopic (exact) mass is 307 g/mol. The molecule has 1 heterocycles. The maximum atomic E-state index is 12.6. The van der Waals surface area contributed by atoms with Gasteiger partial charge in [0.05, 0.1) is 10.9 Å². The molecule has 0 saturated carbocycles. The minimum absolute atomic E-state index is 0.0689. The number of nitrogens with zero attached hydrogens (tertiary/aromatic N) is 1. The van der Waals surface area contributed by atoms with Crippen molar-refractivity contribution < 1.29 is 4.79 Å². The van der Waals surface area contributed by atoms with Crippen LogP contribution in [-0.4, -0.2) is 10.5 Å². The fraction of sp³-hybridized carbons (Fsp3) is 0.111. The molecule has 1 amide bonds. The molecular weight excluding hydrogens is 290 g/mol. The van der Waals surface area contributed by atoms with Crippen LogP contribution in [0.2, 0.25) is 0 Å². The lowest BCUT2D eigenvalue weighted by Gasteiger charge is -2.11. The number of nitrogen functional groups attached to an aromatic ring is 1. The summed E-state index contributed by atoms with van der Waals surface area (Å²) in [6.45, 7) is 1.94. The molecule has 0 aliphatic carbocycles. The van der Waals surface area contributed by atoms with Crippen molar-refractivity contribution in [3.05, 3.63) is 70.0 Å². The van der Waals surface area contributed by atoms with Crippen LogP contribution in [-0.2, 0) is 7.05 Å². The lowest BCUT2D eigenvalue weighted by molar-refractivity contribution is 0.102. The summed E-state index contributed by atoms with van der Waals surface area (Å²) < 4.78 is 1.73. The number of aryl methyl sites for hydroxylation is 2. The number of anilines is 2. The lowest BCUT2D eigenvalue weighted by atomic mass is 10.1. The van der Waals surface area contributed by atoms with Gasteiger partial charge in [0.25, 0.3) is 5.91 Å². The van der Waals surface area contributed by atoms with Crippen molar-refractivity contribution in [2.75, 3.05) is 11.1 Å². The topological polar surface area (TPSA) is 77.1 Å². The Morgan fingerprint density at radius 2 is 1.91 bits per heavy atom. The first-order valence-electron chi connectivity index (χ1n) is 7.23. The number of aromatic nitrogens is 1. The smallest absolute Gasteiger partial charge is 0.261 e. The molecule has 3 aromatic rings. The van der Waals surface area contributed by atoms with Crippen LogP contribution in [0.1, 0.15) is 15.9 Å². The van der Waals surface area contributed by atoms with Gasteiger partial charge in [-0.25, -0.2) is 0 Å². The second-order valence-corrected chi connectivity index (χ2v) is 5.55. The molecular formula is C18H17N3O2. The molecule has 5 nitrogen and oxygen atoms in total. The van der Waals surface area contributed by atoms with Crippen LogP contribution in [0.4, 0.5) is 11.4 Å². The van der Waals surface area contributed by atoms with Crippen LogP contribution >= 0.6 is 0 Å². The van der Waals surface area contributed by atoms with Crippen molar-refractivity contribution in [2.24, 2.45) is 7.05 Å². The van der Waals surface area contributed by atoms with E-state index < -0.39 is 5.91 Å². The van der Waals surface area contributed by atoms with E-state index in [4.69, 9.17) is 5.73 Å². The van der Waals surface area contributed by atoms with Gasteiger partial charge in [-0.2, -0.15) is 0 Å². The first-order valence-corrected chi connectivity index (χ1v) is 7.23. The van der Waals surface area contributed by atoms with Crippen LogP contribution < -0.4 is 16.5 Å². The van der Waals surface area contributed by atoms with Gasteiger partial charge >= 0.3 is 0 Å². The number of nitrogens with one attached hydrogen (secondary N) is 1. The van der Waals surface area contributed by atoms with Gasteiger partial charge in [0.1, 0.15) is 5.56 Å². The van der Waals surface area contributed by atoms with E-state index in [0.717, 1.165) is 5.56 Å². The Hall–Kier alpha value is -3.08.